The first-order chi connectivity index (χ1) is 40.7. The molecule has 86 heavy (non-hydrogen) atoms. The number of ketones is 2. The third-order valence-electron chi connectivity index (χ3n) is 18.1. The lowest BCUT2D eigenvalue weighted by molar-refractivity contribution is -0.148. The van der Waals surface area contributed by atoms with E-state index in [1.165, 1.54) is 9.80 Å². The number of carbonyl (C=O) groups excluding carboxylic acids is 4. The second-order valence-corrected chi connectivity index (χ2v) is 24.7. The standard InChI is InChI=1S/C37H41F4N3O5.C27H31F4NO5/c1-22(2)44-30-13-9-8-12-29(30)42-35(44)49-28-18-31-32(45)20-36(34(47)48)19-25(36)11-7-5-3-4-6-10-24(33(46)43(31)21-28)14-23-15-26(37(39,40)41)17-27(38)16-23;28-20-10-16(9-19(11-20)27(29,30)31)8-17-6-4-2-1-3-5-7-18-13-26(18,25(36)37)14-23(34)22-12-21(33)15-32(22)24(17)35/h7-9,11-13,15-17,22,24-25,28,31H,3-6,10,14,18-21H2,1-2H3,(H,47,48);5,7,9-11,17-18,21-22,33H,1-4,6,8,12-15H2,(H,36,37)/b11-7-;7-5-/t24-,25-,28-,31+,36-;17-,18-,21-,22+,26-/m11/s1. The number of hydrogen-bond acceptors (Lipinski definition) is 9. The highest BCUT2D eigenvalue weighted by atomic mass is 19.4. The second kappa shape index (κ2) is 25.8. The van der Waals surface area contributed by atoms with Crippen LogP contribution in [0.2, 0.25) is 0 Å². The van der Waals surface area contributed by atoms with Gasteiger partial charge in [0.15, 0.2) is 11.6 Å². The summed E-state index contributed by atoms with van der Waals surface area (Å²) in [4.78, 5) is 87.3. The molecule has 3 aromatic carbocycles. The monoisotopic (exact) mass is 1210 g/mol. The van der Waals surface area contributed by atoms with Crippen LogP contribution in [0.3, 0.4) is 0 Å². The van der Waals surface area contributed by atoms with Gasteiger partial charge in [-0.25, -0.2) is 8.78 Å². The number of rotatable bonds is 9. The topological polar surface area (TPSA) is 197 Å². The Kier molecular flexibility index (Phi) is 19.0. The van der Waals surface area contributed by atoms with Gasteiger partial charge in [-0.15, -0.1) is 0 Å². The third kappa shape index (κ3) is 14.4. The van der Waals surface area contributed by atoms with Crippen LogP contribution < -0.4 is 4.74 Å². The highest BCUT2D eigenvalue weighted by molar-refractivity contribution is 5.96. The van der Waals surface area contributed by atoms with Gasteiger partial charge in [-0.2, -0.15) is 31.3 Å². The number of aliphatic hydroxyl groups excluding tert-OH is 1. The lowest BCUT2D eigenvalue weighted by Crippen LogP contribution is -2.45. The molecule has 2 amide bonds. The number of alkyl halides is 6. The van der Waals surface area contributed by atoms with Gasteiger partial charge in [0, 0.05) is 50.1 Å². The molecule has 14 nitrogen and oxygen atoms in total. The molecule has 2 saturated carbocycles. The maximum Gasteiger partial charge on any atom is 0.416 e. The van der Waals surface area contributed by atoms with Crippen molar-refractivity contribution in [2.45, 2.75) is 172 Å². The van der Waals surface area contributed by atoms with Gasteiger partial charge in [0.05, 0.1) is 57.7 Å². The molecule has 3 N–H and O–H groups in total. The van der Waals surface area contributed by atoms with E-state index in [9.17, 15) is 79.2 Å². The van der Waals surface area contributed by atoms with Gasteiger partial charge in [-0.1, -0.05) is 62.1 Å². The van der Waals surface area contributed by atoms with Crippen LogP contribution in [0.1, 0.15) is 145 Å². The number of carboxylic acids is 2. The van der Waals surface area contributed by atoms with Crippen molar-refractivity contribution in [2.75, 3.05) is 13.1 Å². The molecule has 5 heterocycles. The number of carbonyl (C=O) groups is 6. The molecule has 0 bridgehead atoms. The van der Waals surface area contributed by atoms with Crippen LogP contribution in [0.5, 0.6) is 6.01 Å². The van der Waals surface area contributed by atoms with Crippen molar-refractivity contribution < 1.29 is 83.9 Å². The lowest BCUT2D eigenvalue weighted by atomic mass is 9.90. The molecule has 22 heteroatoms. The highest BCUT2D eigenvalue weighted by Crippen LogP contribution is 2.58. The first-order valence-corrected chi connectivity index (χ1v) is 29.7. The zero-order valence-electron chi connectivity index (χ0n) is 47.9. The minimum atomic E-state index is -4.76. The summed E-state index contributed by atoms with van der Waals surface area (Å²) in [6, 6.07) is 10.4. The fraction of sp³-hybridized carbons (Fsp3) is 0.547. The van der Waals surface area contributed by atoms with Crippen molar-refractivity contribution in [1.29, 1.82) is 0 Å². The van der Waals surface area contributed by atoms with E-state index in [0.717, 1.165) is 61.0 Å². The Hall–Kier alpha value is -6.97. The Morgan fingerprint density at radius 2 is 1.14 bits per heavy atom. The number of hydrogen-bond donors (Lipinski definition) is 3. The van der Waals surface area contributed by atoms with E-state index in [-0.39, 0.29) is 80.6 Å². The predicted octanol–water partition coefficient (Wildman–Crippen LogP) is 12.1. The van der Waals surface area contributed by atoms with Crippen LogP contribution in [-0.2, 0) is 54.0 Å². The quantitative estimate of drug-likeness (QED) is 0.107. The van der Waals surface area contributed by atoms with Crippen molar-refractivity contribution in [1.82, 2.24) is 19.4 Å². The number of para-hydroxylation sites is 2. The molecule has 4 aliphatic heterocycles. The van der Waals surface area contributed by atoms with E-state index in [4.69, 9.17) is 4.74 Å². The Morgan fingerprint density at radius 1 is 0.663 bits per heavy atom. The number of Topliss-reactive ketones (excluding diaryl/α,β-unsaturated/α-hetero) is 2. The number of ether oxygens (including phenoxy) is 1. The van der Waals surface area contributed by atoms with Crippen LogP contribution in [0.4, 0.5) is 35.1 Å². The van der Waals surface area contributed by atoms with Gasteiger partial charge >= 0.3 is 24.3 Å². The fourth-order valence-corrected chi connectivity index (χ4v) is 13.3. The number of carboxylic acid groups (broad SMARTS) is 2. The molecule has 2 aliphatic carbocycles. The van der Waals surface area contributed by atoms with E-state index in [1.807, 2.05) is 67.0 Å². The van der Waals surface area contributed by atoms with Gasteiger partial charge in [-0.05, 0) is 150 Å². The van der Waals surface area contributed by atoms with Crippen LogP contribution in [0.15, 0.2) is 85.0 Å². The highest BCUT2D eigenvalue weighted by Gasteiger charge is 2.62. The number of nitrogens with zero attached hydrogens (tertiary/aromatic N) is 4. The number of benzene rings is 3. The smallest absolute Gasteiger partial charge is 0.416 e. The largest absolute Gasteiger partial charge is 0.481 e. The second-order valence-electron chi connectivity index (χ2n) is 24.7. The van der Waals surface area contributed by atoms with E-state index in [2.05, 4.69) is 4.98 Å². The van der Waals surface area contributed by atoms with Gasteiger partial charge < -0.3 is 29.9 Å². The summed E-state index contributed by atoms with van der Waals surface area (Å²) < 4.78 is 117. The summed E-state index contributed by atoms with van der Waals surface area (Å²) in [6.45, 7) is 3.86. The molecular formula is C64H72F8N4O10. The molecule has 4 aromatic rings. The first-order valence-electron chi connectivity index (χ1n) is 29.7. The molecule has 6 aliphatic rings. The molecule has 10 atom stereocenters. The molecule has 2 saturated heterocycles. The van der Waals surface area contributed by atoms with E-state index < -0.39 is 117 Å². The fourth-order valence-electron chi connectivity index (χ4n) is 13.3. The molecule has 0 spiro atoms. The maximum absolute atomic E-state index is 14.5. The van der Waals surface area contributed by atoms with Gasteiger partial charge in [0.25, 0.3) is 6.01 Å². The molecule has 1 aromatic heterocycles. The van der Waals surface area contributed by atoms with Crippen molar-refractivity contribution in [3.05, 3.63) is 119 Å². The number of allylic oxidation sites excluding steroid dienone is 4. The number of aliphatic hydroxyl groups is 1. The third-order valence-corrected chi connectivity index (χ3v) is 18.1. The van der Waals surface area contributed by atoms with Gasteiger partial charge in [0.1, 0.15) is 17.7 Å². The Labute approximate surface area is 492 Å². The lowest BCUT2D eigenvalue weighted by Gasteiger charge is -2.29. The van der Waals surface area contributed by atoms with Gasteiger partial charge in [0.2, 0.25) is 11.8 Å². The molecule has 0 radical (unpaired) electrons. The zero-order valence-corrected chi connectivity index (χ0v) is 47.9. The van der Waals surface area contributed by atoms with Crippen LogP contribution in [-0.4, -0.2) is 107 Å². The zero-order chi connectivity index (χ0) is 62.0. The van der Waals surface area contributed by atoms with E-state index in [0.29, 0.717) is 69.5 Å². The minimum Gasteiger partial charge on any atom is -0.481 e. The molecule has 4 fully saturated rings. The minimum absolute atomic E-state index is 0.00734. The Morgan fingerprint density at radius 3 is 1.62 bits per heavy atom. The van der Waals surface area contributed by atoms with Crippen molar-refractivity contribution in [3.8, 4) is 6.01 Å². The van der Waals surface area contributed by atoms with Crippen LogP contribution >= 0.6 is 0 Å². The van der Waals surface area contributed by atoms with Crippen molar-refractivity contribution in [3.63, 3.8) is 0 Å². The number of imidazole rings is 1. The Bertz CT molecular complexity index is 3270. The summed E-state index contributed by atoms with van der Waals surface area (Å²) in [6.07, 6.45) is 2.68. The maximum atomic E-state index is 14.5. The predicted molar refractivity (Wildman–Crippen MR) is 298 cm³/mol. The average Bonchev–Trinajstić information content (AvgIpc) is 1.68. The molecule has 464 valence electrons. The van der Waals surface area contributed by atoms with E-state index in [1.54, 1.807) is 0 Å². The first kappa shape index (κ1) is 63.5. The summed E-state index contributed by atoms with van der Waals surface area (Å²) in [5, 5.41) is 30.3. The number of amides is 2. The van der Waals surface area contributed by atoms with Crippen LogP contribution in [0, 0.1) is 46.1 Å². The normalized spacial score (nSPS) is 29.4. The number of halogens is 8. The van der Waals surface area contributed by atoms with Crippen molar-refractivity contribution >= 4 is 46.4 Å². The number of aromatic nitrogens is 2. The molecule has 0 unspecified atom stereocenters. The molecular weight excluding hydrogens is 1140 g/mol. The van der Waals surface area contributed by atoms with Crippen LogP contribution in [0.25, 0.3) is 11.0 Å². The summed E-state index contributed by atoms with van der Waals surface area (Å²) in [5.74, 6) is -8.19. The van der Waals surface area contributed by atoms with E-state index >= 15 is 0 Å². The SMILES string of the molecule is CC(C)n1c(O[C@@H]2C[C@H]3C(=O)C[C@]4(C(=O)O)C[C@H]4/C=C\CCCCC[C@H](Cc4cc(F)cc(C(F)(F)F)c4)C(=O)N3C2)nc2ccccc21.O=C1C[C@]2(C(=O)O)C[C@H]2/C=C\CCCCC[C@H](Cc2cc(F)cc(C(F)(F)F)c2)C(=O)N2C[C@H](O)C[C@@H]12. The summed E-state index contributed by atoms with van der Waals surface area (Å²) in [5.41, 5.74) is -3.09. The summed E-state index contributed by atoms with van der Waals surface area (Å²) >= 11 is 0. The van der Waals surface area contributed by atoms with Crippen molar-refractivity contribution in [2.24, 2.45) is 34.5 Å². The van der Waals surface area contributed by atoms with Gasteiger partial charge in [-0.3, -0.25) is 33.3 Å². The Balaban J connectivity index is 0.000000214. The molecule has 10 rings (SSSR count). The number of aliphatic carboxylic acids is 2. The summed E-state index contributed by atoms with van der Waals surface area (Å²) in [7, 11) is 0. The number of fused-ring (bicyclic) bond motifs is 5. The average molecular weight is 1210 g/mol.